The molecule has 0 aliphatic rings. The number of nitrogens with zero attached hydrogens (tertiary/aromatic N) is 1. The number of methoxy groups -OCH3 is 2. The van der Waals surface area contributed by atoms with E-state index >= 15 is 0 Å². The number of ether oxygens (including phenoxy) is 2. The molecule has 0 radical (unpaired) electrons. The third-order valence-electron chi connectivity index (χ3n) is 2.61. The number of amides is 2. The first-order valence-corrected chi connectivity index (χ1v) is 6.38. The first-order chi connectivity index (χ1) is 10.1. The summed E-state index contributed by atoms with van der Waals surface area (Å²) >= 11 is 0. The Labute approximate surface area is 122 Å². The van der Waals surface area contributed by atoms with Gasteiger partial charge in [-0.3, -0.25) is 4.79 Å². The minimum Gasteiger partial charge on any atom is -0.481 e. The van der Waals surface area contributed by atoms with Crippen LogP contribution in [0.3, 0.4) is 0 Å². The number of nitrogens with one attached hydrogen (secondary N) is 2. The molecule has 1 aromatic rings. The Hall–Kier alpha value is -2.51. The molecule has 0 spiro atoms. The highest BCUT2D eigenvalue weighted by atomic mass is 16.5. The highest BCUT2D eigenvalue weighted by Gasteiger charge is 2.08. The molecule has 1 rings (SSSR count). The number of urea groups is 1. The molecule has 0 atom stereocenters. The van der Waals surface area contributed by atoms with E-state index in [2.05, 4.69) is 15.6 Å². The van der Waals surface area contributed by atoms with Crippen LogP contribution >= 0.6 is 0 Å². The number of carboxylic acids is 1. The van der Waals surface area contributed by atoms with Gasteiger partial charge in [0, 0.05) is 31.1 Å². The molecular weight excluding hydrogens is 278 g/mol. The van der Waals surface area contributed by atoms with Gasteiger partial charge in [-0.05, 0) is 12.5 Å². The van der Waals surface area contributed by atoms with Gasteiger partial charge in [0.2, 0.25) is 11.8 Å². The average molecular weight is 297 g/mol. The number of hydrogen-bond donors (Lipinski definition) is 3. The molecule has 0 saturated heterocycles. The second kappa shape index (κ2) is 8.62. The normalized spacial score (nSPS) is 9.81. The van der Waals surface area contributed by atoms with Crippen LogP contribution in [0, 0.1) is 0 Å². The van der Waals surface area contributed by atoms with Crippen LogP contribution in [0.4, 0.5) is 4.79 Å². The van der Waals surface area contributed by atoms with Crippen molar-refractivity contribution in [2.75, 3.05) is 20.8 Å². The van der Waals surface area contributed by atoms with E-state index in [-0.39, 0.29) is 19.0 Å². The zero-order chi connectivity index (χ0) is 15.7. The Morgan fingerprint density at radius 3 is 2.62 bits per heavy atom. The lowest BCUT2D eigenvalue weighted by Gasteiger charge is -2.10. The van der Waals surface area contributed by atoms with E-state index < -0.39 is 5.97 Å². The lowest BCUT2D eigenvalue weighted by molar-refractivity contribution is -0.137. The predicted molar refractivity (Wildman–Crippen MR) is 74.4 cm³/mol. The van der Waals surface area contributed by atoms with E-state index in [9.17, 15) is 9.59 Å². The molecule has 1 heterocycles. The summed E-state index contributed by atoms with van der Waals surface area (Å²) in [5, 5.41) is 13.7. The number of carbonyl (C=O) groups excluding carboxylic acids is 1. The van der Waals surface area contributed by atoms with Crippen LogP contribution in [-0.4, -0.2) is 42.9 Å². The first-order valence-electron chi connectivity index (χ1n) is 6.38. The lowest BCUT2D eigenvalue weighted by Crippen LogP contribution is -2.35. The van der Waals surface area contributed by atoms with Crippen LogP contribution in [0.1, 0.15) is 18.4 Å². The third-order valence-corrected chi connectivity index (χ3v) is 2.61. The summed E-state index contributed by atoms with van der Waals surface area (Å²) in [5.41, 5.74) is 0.707. The van der Waals surface area contributed by atoms with Gasteiger partial charge >= 0.3 is 12.0 Å². The summed E-state index contributed by atoms with van der Waals surface area (Å²) in [6.45, 7) is 0.543. The zero-order valence-corrected chi connectivity index (χ0v) is 12.0. The van der Waals surface area contributed by atoms with E-state index in [1.807, 2.05) is 0 Å². The quantitative estimate of drug-likeness (QED) is 0.611. The number of hydrogen-bond acceptors (Lipinski definition) is 5. The molecule has 0 aromatic carbocycles. The summed E-state index contributed by atoms with van der Waals surface area (Å²) in [6, 6.07) is 3.04. The van der Waals surface area contributed by atoms with Crippen LogP contribution < -0.4 is 20.1 Å². The Bertz CT molecular complexity index is 493. The molecular formula is C13H19N3O5. The van der Waals surface area contributed by atoms with Gasteiger partial charge in [0.1, 0.15) is 0 Å². The minimum absolute atomic E-state index is 0.0243. The standard InChI is InChI=1S/C13H19N3O5/c1-20-10-6-5-9(12(16-10)21-2)8-15-13(19)14-7-3-4-11(17)18/h5-6H,3-4,7-8H2,1-2H3,(H,17,18)(H2,14,15,19). The molecule has 0 aliphatic heterocycles. The van der Waals surface area contributed by atoms with Gasteiger partial charge in [0.25, 0.3) is 0 Å². The summed E-state index contributed by atoms with van der Waals surface area (Å²) in [7, 11) is 2.99. The largest absolute Gasteiger partial charge is 0.481 e. The van der Waals surface area contributed by atoms with E-state index in [0.717, 1.165) is 0 Å². The molecule has 3 N–H and O–H groups in total. The fourth-order valence-corrected chi connectivity index (χ4v) is 1.56. The number of carbonyl (C=O) groups is 2. The molecule has 0 saturated carbocycles. The fraction of sp³-hybridized carbons (Fsp3) is 0.462. The van der Waals surface area contributed by atoms with Crippen molar-refractivity contribution in [3.05, 3.63) is 17.7 Å². The number of pyridine rings is 1. The van der Waals surface area contributed by atoms with Crippen LogP contribution in [0.2, 0.25) is 0 Å². The zero-order valence-electron chi connectivity index (χ0n) is 12.0. The average Bonchev–Trinajstić information content (AvgIpc) is 2.49. The molecule has 21 heavy (non-hydrogen) atoms. The summed E-state index contributed by atoms with van der Waals surface area (Å²) in [5.74, 6) is -0.0829. The molecule has 116 valence electrons. The Balaban J connectivity index is 2.40. The SMILES string of the molecule is COc1ccc(CNC(=O)NCCCC(=O)O)c(OC)n1. The van der Waals surface area contributed by atoms with Gasteiger partial charge in [-0.2, -0.15) is 4.98 Å². The summed E-state index contributed by atoms with van der Waals surface area (Å²) in [4.78, 5) is 25.9. The Kier molecular flexibility index (Phi) is 6.79. The van der Waals surface area contributed by atoms with E-state index in [4.69, 9.17) is 14.6 Å². The van der Waals surface area contributed by atoms with Crippen LogP contribution in [-0.2, 0) is 11.3 Å². The first kappa shape index (κ1) is 16.5. The van der Waals surface area contributed by atoms with Gasteiger partial charge in [-0.15, -0.1) is 0 Å². The molecule has 0 fully saturated rings. The maximum Gasteiger partial charge on any atom is 0.315 e. The smallest absolute Gasteiger partial charge is 0.315 e. The molecule has 1 aromatic heterocycles. The van der Waals surface area contributed by atoms with Gasteiger partial charge in [-0.1, -0.05) is 0 Å². The van der Waals surface area contributed by atoms with E-state index in [1.54, 1.807) is 12.1 Å². The number of carboxylic acid groups (broad SMARTS) is 1. The van der Waals surface area contributed by atoms with Gasteiger partial charge in [0.05, 0.1) is 14.2 Å². The fourth-order valence-electron chi connectivity index (χ4n) is 1.56. The second-order valence-corrected chi connectivity index (χ2v) is 4.13. The topological polar surface area (TPSA) is 110 Å². The maximum absolute atomic E-state index is 11.5. The minimum atomic E-state index is -0.883. The third kappa shape index (κ3) is 5.98. The van der Waals surface area contributed by atoms with Crippen molar-refractivity contribution in [1.29, 1.82) is 0 Å². The Morgan fingerprint density at radius 2 is 2.00 bits per heavy atom. The molecule has 2 amide bonds. The highest BCUT2D eigenvalue weighted by Crippen LogP contribution is 2.19. The van der Waals surface area contributed by atoms with Gasteiger partial charge in [0.15, 0.2) is 0 Å². The van der Waals surface area contributed by atoms with Gasteiger partial charge in [-0.25, -0.2) is 4.79 Å². The van der Waals surface area contributed by atoms with Crippen molar-refractivity contribution >= 4 is 12.0 Å². The van der Waals surface area contributed by atoms with Crippen LogP contribution in [0.25, 0.3) is 0 Å². The van der Waals surface area contributed by atoms with Gasteiger partial charge < -0.3 is 25.2 Å². The van der Waals surface area contributed by atoms with E-state index in [0.29, 0.717) is 30.3 Å². The summed E-state index contributed by atoms with van der Waals surface area (Å²) < 4.78 is 10.1. The van der Waals surface area contributed by atoms with Crippen molar-refractivity contribution in [3.8, 4) is 11.8 Å². The summed E-state index contributed by atoms with van der Waals surface area (Å²) in [6.07, 6.45) is 0.409. The van der Waals surface area contributed by atoms with Crippen molar-refractivity contribution in [3.63, 3.8) is 0 Å². The van der Waals surface area contributed by atoms with Crippen LogP contribution in [0.5, 0.6) is 11.8 Å². The van der Waals surface area contributed by atoms with Crippen molar-refractivity contribution in [2.24, 2.45) is 0 Å². The second-order valence-electron chi connectivity index (χ2n) is 4.13. The van der Waals surface area contributed by atoms with Crippen molar-refractivity contribution < 1.29 is 24.2 Å². The molecule has 8 nitrogen and oxygen atoms in total. The number of aromatic nitrogens is 1. The number of rotatable bonds is 8. The maximum atomic E-state index is 11.5. The lowest BCUT2D eigenvalue weighted by atomic mass is 10.2. The van der Waals surface area contributed by atoms with Crippen molar-refractivity contribution in [1.82, 2.24) is 15.6 Å². The van der Waals surface area contributed by atoms with E-state index in [1.165, 1.54) is 14.2 Å². The highest BCUT2D eigenvalue weighted by molar-refractivity contribution is 5.74. The Morgan fingerprint density at radius 1 is 1.24 bits per heavy atom. The molecule has 0 unspecified atom stereocenters. The molecule has 8 heteroatoms. The molecule has 0 bridgehead atoms. The monoisotopic (exact) mass is 297 g/mol. The van der Waals surface area contributed by atoms with Crippen molar-refractivity contribution in [2.45, 2.75) is 19.4 Å². The predicted octanol–water partition coefficient (Wildman–Crippen LogP) is 0.763. The molecule has 0 aliphatic carbocycles. The van der Waals surface area contributed by atoms with Crippen LogP contribution in [0.15, 0.2) is 12.1 Å². The number of aliphatic carboxylic acids is 1.